The van der Waals surface area contributed by atoms with E-state index in [9.17, 15) is 9.90 Å². The van der Waals surface area contributed by atoms with Gasteiger partial charge in [-0.3, -0.25) is 10.1 Å². The lowest BCUT2D eigenvalue weighted by atomic mass is 9.99. The molecule has 0 saturated carbocycles. The molecule has 10 nitrogen and oxygen atoms in total. The zero-order valence-electron chi connectivity index (χ0n) is 13.7. The first-order chi connectivity index (χ1) is 12.1. The van der Waals surface area contributed by atoms with Crippen LogP contribution in [0.5, 0.6) is 5.75 Å². The summed E-state index contributed by atoms with van der Waals surface area (Å²) in [6.07, 6.45) is 3.59. The van der Waals surface area contributed by atoms with E-state index in [1.54, 1.807) is 20.1 Å². The van der Waals surface area contributed by atoms with Crippen molar-refractivity contribution < 1.29 is 24.2 Å². The average Bonchev–Trinajstić information content (AvgIpc) is 3.03. The summed E-state index contributed by atoms with van der Waals surface area (Å²) in [4.78, 5) is 24.9. The van der Waals surface area contributed by atoms with E-state index >= 15 is 0 Å². The topological polar surface area (TPSA) is 139 Å². The average molecular weight is 347 g/mol. The SMILES string of the molecule is COCCOc1cnc(NC(=O)/C(C#N)=C(\O)C2C=NOC2C)nc1. The number of nitrogens with zero attached hydrogens (tertiary/aromatic N) is 4. The maximum absolute atomic E-state index is 12.2. The Kier molecular flexibility index (Phi) is 6.25. The largest absolute Gasteiger partial charge is 0.510 e. The van der Waals surface area contributed by atoms with Crippen LogP contribution in [0.1, 0.15) is 6.92 Å². The maximum Gasteiger partial charge on any atom is 0.272 e. The molecule has 2 N–H and O–H groups in total. The number of methoxy groups -OCH3 is 1. The number of amides is 1. The van der Waals surface area contributed by atoms with Gasteiger partial charge < -0.3 is 19.4 Å². The molecule has 132 valence electrons. The van der Waals surface area contributed by atoms with Gasteiger partial charge in [0.05, 0.1) is 31.1 Å². The molecule has 2 atom stereocenters. The highest BCUT2D eigenvalue weighted by molar-refractivity contribution is 6.06. The number of aromatic nitrogens is 2. The van der Waals surface area contributed by atoms with Crippen LogP contribution in [0.25, 0.3) is 0 Å². The van der Waals surface area contributed by atoms with Crippen LogP contribution in [0.2, 0.25) is 0 Å². The van der Waals surface area contributed by atoms with Crippen molar-refractivity contribution in [3.8, 4) is 11.8 Å². The van der Waals surface area contributed by atoms with E-state index in [2.05, 4.69) is 20.4 Å². The van der Waals surface area contributed by atoms with Gasteiger partial charge in [0.25, 0.3) is 5.91 Å². The van der Waals surface area contributed by atoms with Crippen molar-refractivity contribution in [2.45, 2.75) is 13.0 Å². The van der Waals surface area contributed by atoms with E-state index in [0.29, 0.717) is 19.0 Å². The quantitative estimate of drug-likeness (QED) is 0.319. The summed E-state index contributed by atoms with van der Waals surface area (Å²) in [7, 11) is 1.55. The fraction of sp³-hybridized carbons (Fsp3) is 0.400. The lowest BCUT2D eigenvalue weighted by molar-refractivity contribution is -0.112. The van der Waals surface area contributed by atoms with Crippen LogP contribution < -0.4 is 10.1 Å². The first-order valence-corrected chi connectivity index (χ1v) is 7.34. The number of anilines is 1. The monoisotopic (exact) mass is 347 g/mol. The van der Waals surface area contributed by atoms with E-state index in [1.165, 1.54) is 18.6 Å². The number of hydrogen-bond donors (Lipinski definition) is 2. The fourth-order valence-electron chi connectivity index (χ4n) is 1.93. The summed E-state index contributed by atoms with van der Waals surface area (Å²) in [5.41, 5.74) is -0.460. The maximum atomic E-state index is 12.2. The smallest absolute Gasteiger partial charge is 0.272 e. The molecule has 2 unspecified atom stereocenters. The van der Waals surface area contributed by atoms with Gasteiger partial charge in [-0.15, -0.1) is 0 Å². The van der Waals surface area contributed by atoms with E-state index in [-0.39, 0.29) is 5.95 Å². The highest BCUT2D eigenvalue weighted by Gasteiger charge is 2.30. The number of hydrogen-bond acceptors (Lipinski definition) is 9. The van der Waals surface area contributed by atoms with E-state index in [0.717, 1.165) is 0 Å². The van der Waals surface area contributed by atoms with Gasteiger partial charge in [0.1, 0.15) is 24.5 Å². The minimum atomic E-state index is -0.833. The molecule has 0 aliphatic carbocycles. The molecule has 0 radical (unpaired) electrons. The van der Waals surface area contributed by atoms with Gasteiger partial charge in [-0.05, 0) is 6.92 Å². The number of nitriles is 1. The highest BCUT2D eigenvalue weighted by Crippen LogP contribution is 2.22. The third-order valence-corrected chi connectivity index (χ3v) is 3.27. The van der Waals surface area contributed by atoms with Crippen LogP contribution in [0.3, 0.4) is 0 Å². The van der Waals surface area contributed by atoms with Crippen molar-refractivity contribution in [2.24, 2.45) is 11.1 Å². The Balaban J connectivity index is 2.04. The van der Waals surface area contributed by atoms with Crippen LogP contribution in [0.15, 0.2) is 28.9 Å². The zero-order valence-corrected chi connectivity index (χ0v) is 13.7. The Labute approximate surface area is 143 Å². The molecule has 0 spiro atoms. The Morgan fingerprint density at radius 2 is 2.16 bits per heavy atom. The summed E-state index contributed by atoms with van der Waals surface area (Å²) in [6, 6.07) is 1.67. The van der Waals surface area contributed by atoms with Gasteiger partial charge in [0, 0.05) is 7.11 Å². The Hall–Kier alpha value is -3.19. The number of rotatable bonds is 7. The van der Waals surface area contributed by atoms with Crippen LogP contribution in [-0.2, 0) is 14.4 Å². The molecule has 10 heteroatoms. The third-order valence-electron chi connectivity index (χ3n) is 3.27. The molecule has 1 aromatic rings. The first kappa shape index (κ1) is 18.2. The number of carbonyl (C=O) groups is 1. The molecule has 25 heavy (non-hydrogen) atoms. The highest BCUT2D eigenvalue weighted by atomic mass is 16.6. The Morgan fingerprint density at radius 1 is 1.44 bits per heavy atom. The van der Waals surface area contributed by atoms with Gasteiger partial charge >= 0.3 is 0 Å². The predicted octanol–water partition coefficient (Wildman–Crippen LogP) is 0.797. The number of aliphatic hydroxyl groups is 1. The molecule has 1 aliphatic heterocycles. The second kappa shape index (κ2) is 8.60. The van der Waals surface area contributed by atoms with Crippen molar-refractivity contribution in [3.63, 3.8) is 0 Å². The normalized spacial score (nSPS) is 19.6. The summed E-state index contributed by atoms with van der Waals surface area (Å²) in [5.74, 6) is -1.55. The van der Waals surface area contributed by atoms with Gasteiger partial charge in [0.15, 0.2) is 11.3 Å². The molecule has 1 aliphatic rings. The first-order valence-electron chi connectivity index (χ1n) is 7.34. The molecule has 0 bridgehead atoms. The molecule has 0 aromatic carbocycles. The molecule has 2 rings (SSSR count). The lowest BCUT2D eigenvalue weighted by Crippen LogP contribution is -2.23. The number of ether oxygens (including phenoxy) is 2. The van der Waals surface area contributed by atoms with Crippen molar-refractivity contribution in [2.75, 3.05) is 25.6 Å². The van der Waals surface area contributed by atoms with Crippen molar-refractivity contribution >= 4 is 18.1 Å². The number of aliphatic hydroxyl groups excluding tert-OH is 1. The van der Waals surface area contributed by atoms with Gasteiger partial charge in [-0.25, -0.2) is 9.97 Å². The second-order valence-corrected chi connectivity index (χ2v) is 5.00. The van der Waals surface area contributed by atoms with E-state index < -0.39 is 29.3 Å². The second-order valence-electron chi connectivity index (χ2n) is 5.00. The predicted molar refractivity (Wildman–Crippen MR) is 85.8 cm³/mol. The van der Waals surface area contributed by atoms with Gasteiger partial charge in [-0.1, -0.05) is 5.16 Å². The number of nitrogens with one attached hydrogen (secondary N) is 1. The molecule has 1 amide bonds. The molecule has 2 heterocycles. The fourth-order valence-corrected chi connectivity index (χ4v) is 1.93. The van der Waals surface area contributed by atoms with Crippen molar-refractivity contribution in [1.82, 2.24) is 9.97 Å². The Bertz CT molecular complexity index is 710. The number of oxime groups is 1. The molecule has 1 aromatic heterocycles. The summed E-state index contributed by atoms with van der Waals surface area (Å²) >= 11 is 0. The van der Waals surface area contributed by atoms with Crippen molar-refractivity contribution in [3.05, 3.63) is 23.7 Å². The zero-order chi connectivity index (χ0) is 18.2. The minimum absolute atomic E-state index is 0.0333. The van der Waals surface area contributed by atoms with Gasteiger partial charge in [0.2, 0.25) is 5.95 Å². The molecule has 0 saturated heterocycles. The van der Waals surface area contributed by atoms with Crippen molar-refractivity contribution in [1.29, 1.82) is 5.26 Å². The van der Waals surface area contributed by atoms with Crippen LogP contribution in [-0.4, -0.2) is 53.6 Å². The number of carbonyl (C=O) groups excluding carboxylic acids is 1. The van der Waals surface area contributed by atoms with Gasteiger partial charge in [-0.2, -0.15) is 5.26 Å². The molecule has 0 fully saturated rings. The molecular formula is C15H17N5O5. The molecular weight excluding hydrogens is 330 g/mol. The minimum Gasteiger partial charge on any atom is -0.510 e. The summed E-state index contributed by atoms with van der Waals surface area (Å²) in [5, 5.41) is 25.2. The standard InChI is InChI=1S/C15H17N5O5/c1-9-12(8-19-25-9)13(21)11(5-16)14(22)20-15-17-6-10(7-18-15)24-4-3-23-2/h6-9,12,21H,3-4H2,1-2H3,(H,17,18,20,22)/b13-11-. The third kappa shape index (κ3) is 4.65. The van der Waals surface area contributed by atoms with Crippen LogP contribution in [0.4, 0.5) is 5.95 Å². The van der Waals surface area contributed by atoms with E-state index in [4.69, 9.17) is 19.6 Å². The van der Waals surface area contributed by atoms with Crippen LogP contribution in [0, 0.1) is 17.2 Å². The lowest BCUT2D eigenvalue weighted by Gasteiger charge is -2.12. The van der Waals surface area contributed by atoms with Crippen LogP contribution >= 0.6 is 0 Å². The summed E-state index contributed by atoms with van der Waals surface area (Å²) in [6.45, 7) is 2.41. The Morgan fingerprint density at radius 3 is 2.72 bits per heavy atom. The van der Waals surface area contributed by atoms with E-state index in [1.807, 2.05) is 0 Å². The summed E-state index contributed by atoms with van der Waals surface area (Å²) < 4.78 is 10.2.